The van der Waals surface area contributed by atoms with Crippen molar-refractivity contribution in [2.24, 2.45) is 11.8 Å². The van der Waals surface area contributed by atoms with Crippen molar-refractivity contribution in [2.75, 3.05) is 13.2 Å². The van der Waals surface area contributed by atoms with Crippen molar-refractivity contribution in [3.63, 3.8) is 0 Å². The van der Waals surface area contributed by atoms with Gasteiger partial charge >= 0.3 is 11.9 Å². The summed E-state index contributed by atoms with van der Waals surface area (Å²) in [5.74, 6) is -3.99. The zero-order valence-electron chi connectivity index (χ0n) is 20.7. The fourth-order valence-corrected chi connectivity index (χ4v) is 5.38. The topological polar surface area (TPSA) is 109 Å². The minimum atomic E-state index is -1.57. The van der Waals surface area contributed by atoms with E-state index < -0.39 is 41.0 Å². The summed E-state index contributed by atoms with van der Waals surface area (Å²) in [5.41, 5.74) is 4.83. The van der Waals surface area contributed by atoms with Gasteiger partial charge < -0.3 is 19.9 Å². The largest absolute Gasteiger partial charge is 0.461 e. The third-order valence-corrected chi connectivity index (χ3v) is 6.85. The number of esters is 2. The molecule has 190 valence electrons. The Bertz CT molecular complexity index is 1000. The first-order valence-electron chi connectivity index (χ1n) is 11.6. The lowest BCUT2D eigenvalue weighted by atomic mass is 9.58. The summed E-state index contributed by atoms with van der Waals surface area (Å²) in [5, 5.41) is 15.1. The van der Waals surface area contributed by atoms with Crippen LogP contribution in [0, 0.1) is 11.8 Å². The Kier molecular flexibility index (Phi) is 7.74. The Balaban J connectivity index is 2.20. The van der Waals surface area contributed by atoms with Crippen LogP contribution in [0.15, 0.2) is 49.6 Å². The van der Waals surface area contributed by atoms with Crippen molar-refractivity contribution in [3.05, 3.63) is 60.7 Å². The summed E-state index contributed by atoms with van der Waals surface area (Å²) >= 11 is 5.29. The monoisotopic (exact) mass is 501 g/mol. The summed E-state index contributed by atoms with van der Waals surface area (Å²) in [4.78, 5) is 26.9. The Morgan fingerprint density at radius 2 is 1.66 bits per heavy atom. The van der Waals surface area contributed by atoms with Gasteiger partial charge in [-0.3, -0.25) is 15.0 Å². The molecule has 0 aromatic heterocycles. The molecule has 1 saturated heterocycles. The third-order valence-electron chi connectivity index (χ3n) is 6.65. The van der Waals surface area contributed by atoms with Gasteiger partial charge in [-0.1, -0.05) is 70.3 Å². The van der Waals surface area contributed by atoms with Crippen LogP contribution < -0.4 is 16.2 Å². The molecule has 0 bridgehead atoms. The van der Waals surface area contributed by atoms with Gasteiger partial charge in [-0.15, -0.1) is 0 Å². The second kappa shape index (κ2) is 10.1. The maximum Gasteiger partial charge on any atom is 0.313 e. The van der Waals surface area contributed by atoms with Gasteiger partial charge in [-0.25, -0.2) is 5.43 Å². The molecule has 3 rings (SSSR count). The highest BCUT2D eigenvalue weighted by atomic mass is 32.1. The number of ether oxygens (including phenoxy) is 2. The smallest absolute Gasteiger partial charge is 0.313 e. The Morgan fingerprint density at radius 3 is 2.11 bits per heavy atom. The molecule has 1 aliphatic heterocycles. The lowest BCUT2D eigenvalue weighted by Crippen LogP contribution is -2.70. The molecule has 8 nitrogen and oxygen atoms in total. The molecule has 1 saturated carbocycles. The van der Waals surface area contributed by atoms with Crippen molar-refractivity contribution < 1.29 is 24.2 Å². The average Bonchev–Trinajstić information content (AvgIpc) is 3.14. The molecule has 1 aromatic rings. The van der Waals surface area contributed by atoms with Crippen LogP contribution in [0.2, 0.25) is 0 Å². The Morgan fingerprint density at radius 1 is 1.11 bits per heavy atom. The zero-order valence-corrected chi connectivity index (χ0v) is 21.5. The normalized spacial score (nSPS) is 30.2. The summed E-state index contributed by atoms with van der Waals surface area (Å²) < 4.78 is 10.9. The van der Waals surface area contributed by atoms with E-state index in [-0.39, 0.29) is 30.2 Å². The van der Waals surface area contributed by atoms with Gasteiger partial charge in [0.1, 0.15) is 24.8 Å². The number of hydrazine groups is 1. The van der Waals surface area contributed by atoms with E-state index >= 15 is 0 Å². The fourth-order valence-electron chi connectivity index (χ4n) is 5.15. The molecule has 1 heterocycles. The lowest BCUT2D eigenvalue weighted by molar-refractivity contribution is -0.179. The fraction of sp³-hybridized carbons (Fsp3) is 0.500. The molecule has 2 fully saturated rings. The van der Waals surface area contributed by atoms with E-state index in [1.165, 1.54) is 12.2 Å². The van der Waals surface area contributed by atoms with E-state index in [1.54, 1.807) is 6.92 Å². The maximum absolute atomic E-state index is 13.6. The van der Waals surface area contributed by atoms with Crippen molar-refractivity contribution in [1.82, 2.24) is 16.2 Å². The zero-order chi connectivity index (χ0) is 26.0. The highest BCUT2D eigenvalue weighted by Gasteiger charge is 2.65. The minimum absolute atomic E-state index is 0.000933. The minimum Gasteiger partial charge on any atom is -0.461 e. The summed E-state index contributed by atoms with van der Waals surface area (Å²) in [6.45, 7) is 15.1. The molecule has 1 aliphatic carbocycles. The van der Waals surface area contributed by atoms with E-state index in [0.29, 0.717) is 5.56 Å². The van der Waals surface area contributed by atoms with Gasteiger partial charge in [-0.2, -0.15) is 0 Å². The average molecular weight is 502 g/mol. The first-order valence-corrected chi connectivity index (χ1v) is 12.0. The highest BCUT2D eigenvalue weighted by Crippen LogP contribution is 2.52. The number of carbonyl (C=O) groups is 2. The van der Waals surface area contributed by atoms with Gasteiger partial charge in [0.25, 0.3) is 0 Å². The van der Waals surface area contributed by atoms with Crippen LogP contribution in [0.3, 0.4) is 0 Å². The Hall–Kier alpha value is -2.75. The van der Waals surface area contributed by atoms with Crippen LogP contribution in [0.4, 0.5) is 0 Å². The summed E-state index contributed by atoms with van der Waals surface area (Å²) in [6.07, 6.45) is 2.92. The van der Waals surface area contributed by atoms with Crippen molar-refractivity contribution in [1.29, 1.82) is 0 Å². The summed E-state index contributed by atoms with van der Waals surface area (Å²) in [7, 11) is 0. The van der Waals surface area contributed by atoms with Gasteiger partial charge in [0.05, 0.1) is 11.5 Å². The number of carbonyl (C=O) groups excluding carboxylic acids is 2. The number of thiocarbonyl (C=S) groups is 1. The molecule has 4 N–H and O–H groups in total. The van der Waals surface area contributed by atoms with Gasteiger partial charge in [-0.05, 0) is 35.7 Å². The van der Waals surface area contributed by atoms with Crippen LogP contribution in [0.1, 0.15) is 51.2 Å². The number of nitrogens with one attached hydrogen (secondary N) is 3. The SMILES string of the molecule is C=CCOC(=O)[C@@H]1[C@H](c2ccc(C(C)(C)C)cc2)[C@H](C(=O)OCC=C)[C@@]2(C[C@]1(C)O)NNC(=S)N2. The molecule has 1 spiro atoms. The number of hydrogen-bond donors (Lipinski definition) is 4. The summed E-state index contributed by atoms with van der Waals surface area (Å²) in [6, 6.07) is 7.73. The van der Waals surface area contributed by atoms with Crippen molar-refractivity contribution in [3.8, 4) is 0 Å². The van der Waals surface area contributed by atoms with E-state index in [9.17, 15) is 14.7 Å². The number of aliphatic hydroxyl groups is 1. The quantitative estimate of drug-likeness (QED) is 0.255. The van der Waals surface area contributed by atoms with Crippen molar-refractivity contribution >= 4 is 29.3 Å². The van der Waals surface area contributed by atoms with Crippen LogP contribution in [-0.2, 0) is 24.5 Å². The van der Waals surface area contributed by atoms with E-state index in [0.717, 1.165) is 5.56 Å². The molecule has 35 heavy (non-hydrogen) atoms. The number of benzene rings is 1. The van der Waals surface area contributed by atoms with Crippen LogP contribution in [0.5, 0.6) is 0 Å². The van der Waals surface area contributed by atoms with Crippen LogP contribution in [0.25, 0.3) is 0 Å². The van der Waals surface area contributed by atoms with Crippen molar-refractivity contribution in [2.45, 2.75) is 56.7 Å². The Labute approximate surface area is 212 Å². The molecule has 0 unspecified atom stereocenters. The van der Waals surface area contributed by atoms with Gasteiger partial charge in [0.2, 0.25) is 0 Å². The molecule has 2 aliphatic rings. The molecular formula is C26H35N3O5S. The number of rotatable bonds is 7. The number of hydrogen-bond acceptors (Lipinski definition) is 7. The molecule has 5 atom stereocenters. The first kappa shape index (κ1) is 26.8. The van der Waals surface area contributed by atoms with Crippen LogP contribution in [-0.4, -0.2) is 46.6 Å². The standard InChI is InChI=1S/C26H35N3O5S/c1-7-13-33-21(30)19-18(16-9-11-17(12-10-16)24(3,4)5)20(22(31)34-14-8-2)26(15-25(19,6)32)27-23(35)28-29-26/h7-12,18-20,29,32H,1-2,13-15H2,3-6H3,(H2,27,28,35)/t18-,19-,20+,25-,26+/m0/s1. The maximum atomic E-state index is 13.6. The van der Waals surface area contributed by atoms with Crippen LogP contribution >= 0.6 is 12.2 Å². The second-order valence-electron chi connectivity index (χ2n) is 10.4. The molecule has 0 radical (unpaired) electrons. The molecule has 9 heteroatoms. The highest BCUT2D eigenvalue weighted by molar-refractivity contribution is 7.80. The third kappa shape index (κ3) is 5.42. The van der Waals surface area contributed by atoms with E-state index in [2.05, 4.69) is 50.1 Å². The van der Waals surface area contributed by atoms with E-state index in [4.69, 9.17) is 21.7 Å². The molecule has 1 aromatic carbocycles. The predicted octanol–water partition coefficient (Wildman–Crippen LogP) is 2.59. The molecular weight excluding hydrogens is 466 g/mol. The lowest BCUT2D eigenvalue weighted by Gasteiger charge is -2.52. The van der Waals surface area contributed by atoms with Gasteiger partial charge in [0, 0.05) is 12.3 Å². The van der Waals surface area contributed by atoms with Gasteiger partial charge in [0.15, 0.2) is 5.11 Å². The first-order chi connectivity index (χ1) is 16.4. The van der Waals surface area contributed by atoms with E-state index in [1.807, 2.05) is 24.3 Å². The predicted molar refractivity (Wildman–Crippen MR) is 137 cm³/mol. The second-order valence-corrected chi connectivity index (χ2v) is 10.8. The molecule has 0 amide bonds.